The van der Waals surface area contributed by atoms with Crippen LogP contribution >= 0.6 is 12.4 Å². The molecule has 0 radical (unpaired) electrons. The van der Waals surface area contributed by atoms with E-state index in [4.69, 9.17) is 14.2 Å². The zero-order valence-electron chi connectivity index (χ0n) is 15.4. The highest BCUT2D eigenvalue weighted by atomic mass is 35.5. The summed E-state index contributed by atoms with van der Waals surface area (Å²) in [6.07, 6.45) is 3.17. The molecular formula is C19H28ClNO4. The van der Waals surface area contributed by atoms with Crippen molar-refractivity contribution in [2.75, 3.05) is 33.0 Å². The van der Waals surface area contributed by atoms with Crippen LogP contribution in [0.25, 0.3) is 6.08 Å². The van der Waals surface area contributed by atoms with Gasteiger partial charge < -0.3 is 19.1 Å². The summed E-state index contributed by atoms with van der Waals surface area (Å²) in [7, 11) is 0. The lowest BCUT2D eigenvalue weighted by Crippen LogP contribution is -2.37. The molecule has 0 spiro atoms. The van der Waals surface area contributed by atoms with Crippen molar-refractivity contribution in [1.29, 1.82) is 0 Å². The summed E-state index contributed by atoms with van der Waals surface area (Å²) in [5, 5.41) is 0. The zero-order chi connectivity index (χ0) is 17.6. The first kappa shape index (κ1) is 21.3. The lowest BCUT2D eigenvalue weighted by Gasteiger charge is -2.30. The Morgan fingerprint density at radius 1 is 1.24 bits per heavy atom. The van der Waals surface area contributed by atoms with Crippen molar-refractivity contribution < 1.29 is 19.0 Å². The first-order chi connectivity index (χ1) is 11.4. The third kappa shape index (κ3) is 6.59. The number of benzene rings is 1. The second kappa shape index (κ2) is 9.68. The Kier molecular flexibility index (Phi) is 8.26. The predicted molar refractivity (Wildman–Crippen MR) is 101 cm³/mol. The van der Waals surface area contributed by atoms with Crippen LogP contribution in [-0.4, -0.2) is 43.9 Å². The molecule has 140 valence electrons. The molecular weight excluding hydrogens is 342 g/mol. The van der Waals surface area contributed by atoms with Crippen LogP contribution < -0.4 is 9.47 Å². The summed E-state index contributed by atoms with van der Waals surface area (Å²) in [5.74, 6) is 1.10. The SMILES string of the molecule is CCN(CC)CC(C)(C)COC(=O)C=Cc1ccc2c(c1)OCO2.Cl. The van der Waals surface area contributed by atoms with Gasteiger partial charge in [-0.3, -0.25) is 0 Å². The number of ether oxygens (including phenoxy) is 3. The van der Waals surface area contributed by atoms with Crippen molar-refractivity contribution in [1.82, 2.24) is 4.90 Å². The van der Waals surface area contributed by atoms with Crippen LogP contribution in [0.5, 0.6) is 11.5 Å². The van der Waals surface area contributed by atoms with E-state index in [0.29, 0.717) is 12.4 Å². The van der Waals surface area contributed by atoms with Crippen LogP contribution in [0.15, 0.2) is 24.3 Å². The highest BCUT2D eigenvalue weighted by molar-refractivity contribution is 5.87. The quantitative estimate of drug-likeness (QED) is 0.515. The Hall–Kier alpha value is -1.72. The van der Waals surface area contributed by atoms with Crippen molar-refractivity contribution in [3.8, 4) is 11.5 Å². The van der Waals surface area contributed by atoms with E-state index in [1.807, 2.05) is 18.2 Å². The van der Waals surface area contributed by atoms with Gasteiger partial charge in [-0.2, -0.15) is 0 Å². The van der Waals surface area contributed by atoms with Gasteiger partial charge in [0.2, 0.25) is 6.79 Å². The molecule has 25 heavy (non-hydrogen) atoms. The number of carbonyl (C=O) groups excluding carboxylic acids is 1. The molecule has 0 aromatic heterocycles. The molecule has 5 nitrogen and oxygen atoms in total. The molecule has 0 fully saturated rings. The van der Waals surface area contributed by atoms with Crippen molar-refractivity contribution in [2.24, 2.45) is 5.41 Å². The minimum absolute atomic E-state index is 0. The second-order valence-corrected chi connectivity index (χ2v) is 6.68. The first-order valence-corrected chi connectivity index (χ1v) is 8.40. The van der Waals surface area contributed by atoms with E-state index in [0.717, 1.165) is 30.9 Å². The van der Waals surface area contributed by atoms with Crippen LogP contribution in [0.4, 0.5) is 0 Å². The summed E-state index contributed by atoms with van der Waals surface area (Å²) in [6, 6.07) is 5.55. The molecule has 0 amide bonds. The van der Waals surface area contributed by atoms with E-state index in [1.54, 1.807) is 6.08 Å². The number of nitrogens with zero attached hydrogens (tertiary/aromatic N) is 1. The molecule has 0 aliphatic carbocycles. The maximum absolute atomic E-state index is 11.9. The minimum Gasteiger partial charge on any atom is -0.462 e. The van der Waals surface area contributed by atoms with Gasteiger partial charge in [-0.05, 0) is 36.9 Å². The molecule has 1 heterocycles. The highest BCUT2D eigenvalue weighted by Gasteiger charge is 2.22. The fourth-order valence-corrected chi connectivity index (χ4v) is 2.59. The smallest absolute Gasteiger partial charge is 0.330 e. The number of hydrogen-bond acceptors (Lipinski definition) is 5. The molecule has 1 aromatic rings. The number of hydrogen-bond donors (Lipinski definition) is 0. The molecule has 1 aliphatic rings. The van der Waals surface area contributed by atoms with Gasteiger partial charge in [0.05, 0.1) is 6.61 Å². The van der Waals surface area contributed by atoms with Crippen molar-refractivity contribution in [3.63, 3.8) is 0 Å². The first-order valence-electron chi connectivity index (χ1n) is 8.40. The minimum atomic E-state index is -0.333. The largest absolute Gasteiger partial charge is 0.462 e. The molecule has 0 saturated carbocycles. The molecule has 2 rings (SSSR count). The van der Waals surface area contributed by atoms with Crippen LogP contribution in [0.3, 0.4) is 0 Å². The van der Waals surface area contributed by atoms with E-state index in [2.05, 4.69) is 32.6 Å². The second-order valence-electron chi connectivity index (χ2n) is 6.68. The van der Waals surface area contributed by atoms with Crippen LogP contribution in [-0.2, 0) is 9.53 Å². The van der Waals surface area contributed by atoms with Gasteiger partial charge in [-0.15, -0.1) is 12.4 Å². The third-order valence-corrected chi connectivity index (χ3v) is 3.96. The molecule has 0 unspecified atom stereocenters. The Bertz CT molecular complexity index is 597. The Morgan fingerprint density at radius 2 is 1.92 bits per heavy atom. The van der Waals surface area contributed by atoms with Gasteiger partial charge in [0.15, 0.2) is 11.5 Å². The van der Waals surface area contributed by atoms with Gasteiger partial charge in [0, 0.05) is 18.0 Å². The Morgan fingerprint density at radius 3 is 2.60 bits per heavy atom. The number of fused-ring (bicyclic) bond motifs is 1. The van der Waals surface area contributed by atoms with E-state index >= 15 is 0 Å². The van der Waals surface area contributed by atoms with Crippen molar-refractivity contribution >= 4 is 24.5 Å². The van der Waals surface area contributed by atoms with E-state index < -0.39 is 0 Å². The third-order valence-electron chi connectivity index (χ3n) is 3.96. The average molecular weight is 370 g/mol. The van der Waals surface area contributed by atoms with Crippen molar-refractivity contribution in [3.05, 3.63) is 29.8 Å². The molecule has 0 bridgehead atoms. The molecule has 1 aliphatic heterocycles. The zero-order valence-corrected chi connectivity index (χ0v) is 16.2. The van der Waals surface area contributed by atoms with Gasteiger partial charge >= 0.3 is 5.97 Å². The lowest BCUT2D eigenvalue weighted by molar-refractivity contribution is -0.141. The molecule has 0 saturated heterocycles. The average Bonchev–Trinajstić information content (AvgIpc) is 3.03. The van der Waals surface area contributed by atoms with Gasteiger partial charge in [-0.25, -0.2) is 4.79 Å². The monoisotopic (exact) mass is 369 g/mol. The van der Waals surface area contributed by atoms with Crippen LogP contribution in [0, 0.1) is 5.41 Å². The molecule has 1 aromatic carbocycles. The summed E-state index contributed by atoms with van der Waals surface area (Å²) >= 11 is 0. The van der Waals surface area contributed by atoms with Gasteiger partial charge in [-0.1, -0.05) is 33.8 Å². The topological polar surface area (TPSA) is 48.0 Å². The Balaban J connectivity index is 0.00000312. The van der Waals surface area contributed by atoms with Crippen LogP contribution in [0.1, 0.15) is 33.3 Å². The fourth-order valence-electron chi connectivity index (χ4n) is 2.59. The summed E-state index contributed by atoms with van der Waals surface area (Å²) < 4.78 is 16.0. The van der Waals surface area contributed by atoms with Crippen LogP contribution in [0.2, 0.25) is 0 Å². The maximum atomic E-state index is 11.9. The number of halogens is 1. The molecule has 0 atom stereocenters. The number of esters is 1. The predicted octanol–water partition coefficient (Wildman–Crippen LogP) is 3.76. The lowest BCUT2D eigenvalue weighted by atomic mass is 9.94. The maximum Gasteiger partial charge on any atom is 0.330 e. The van der Waals surface area contributed by atoms with E-state index in [1.165, 1.54) is 6.08 Å². The standard InChI is InChI=1S/C19H27NO4.ClH/c1-5-20(6-2)12-19(3,4)13-22-18(21)10-8-15-7-9-16-17(11-15)24-14-23-16;/h7-11H,5-6,12-14H2,1-4H3;1H. The highest BCUT2D eigenvalue weighted by Crippen LogP contribution is 2.32. The number of carbonyl (C=O) groups is 1. The van der Waals surface area contributed by atoms with Gasteiger partial charge in [0.1, 0.15) is 0 Å². The fraction of sp³-hybridized carbons (Fsp3) is 0.526. The van der Waals surface area contributed by atoms with E-state index in [9.17, 15) is 4.79 Å². The van der Waals surface area contributed by atoms with Gasteiger partial charge in [0.25, 0.3) is 0 Å². The Labute approximate surface area is 156 Å². The molecule has 6 heteroatoms. The summed E-state index contributed by atoms with van der Waals surface area (Å²) in [6.45, 7) is 12.0. The van der Waals surface area contributed by atoms with Crippen molar-refractivity contribution in [2.45, 2.75) is 27.7 Å². The molecule has 0 N–H and O–H groups in total. The summed E-state index contributed by atoms with van der Waals surface area (Å²) in [4.78, 5) is 14.3. The summed E-state index contributed by atoms with van der Waals surface area (Å²) in [5.41, 5.74) is 0.799. The number of rotatable bonds is 8. The normalized spacial score (nSPS) is 13.2. The van der Waals surface area contributed by atoms with E-state index in [-0.39, 0.29) is 30.6 Å².